The predicted octanol–water partition coefficient (Wildman–Crippen LogP) is 3.73. The van der Waals surface area contributed by atoms with Gasteiger partial charge in [0, 0.05) is 5.54 Å². The van der Waals surface area contributed by atoms with E-state index in [2.05, 4.69) is 24.4 Å². The first kappa shape index (κ1) is 12.3. The van der Waals surface area contributed by atoms with E-state index in [0.717, 1.165) is 29.8 Å². The molecule has 1 heterocycles. The maximum atomic E-state index is 6.21. The van der Waals surface area contributed by atoms with Gasteiger partial charge >= 0.3 is 0 Å². The molecule has 1 unspecified atom stereocenters. The van der Waals surface area contributed by atoms with Crippen molar-refractivity contribution in [1.29, 1.82) is 0 Å². The molecule has 0 radical (unpaired) electrons. The van der Waals surface area contributed by atoms with Crippen molar-refractivity contribution >= 4 is 11.6 Å². The highest BCUT2D eigenvalue weighted by atomic mass is 35.5. The quantitative estimate of drug-likeness (QED) is 0.896. The summed E-state index contributed by atoms with van der Waals surface area (Å²) in [6.07, 6.45) is 5.02. The summed E-state index contributed by atoms with van der Waals surface area (Å²) in [7, 11) is 0. The van der Waals surface area contributed by atoms with Crippen molar-refractivity contribution in [2.45, 2.75) is 38.1 Å². The van der Waals surface area contributed by atoms with Gasteiger partial charge in [-0.25, -0.2) is 0 Å². The molecule has 3 rings (SSSR count). The normalized spacial score (nSPS) is 27.4. The van der Waals surface area contributed by atoms with E-state index in [-0.39, 0.29) is 5.54 Å². The average Bonchev–Trinajstić information content (AvgIpc) is 3.09. The fourth-order valence-corrected chi connectivity index (χ4v) is 2.76. The van der Waals surface area contributed by atoms with Crippen LogP contribution in [-0.2, 0) is 5.54 Å². The first-order chi connectivity index (χ1) is 8.67. The van der Waals surface area contributed by atoms with Gasteiger partial charge in [0.2, 0.25) is 0 Å². The molecule has 0 bridgehead atoms. The lowest BCUT2D eigenvalue weighted by Crippen LogP contribution is -2.33. The molecule has 3 heteroatoms. The highest BCUT2D eigenvalue weighted by Gasteiger charge is 2.30. The molecule has 1 aromatic carbocycles. The molecular formula is C15H20ClNO. The van der Waals surface area contributed by atoms with Crippen molar-refractivity contribution in [3.05, 3.63) is 28.8 Å². The fourth-order valence-electron chi connectivity index (χ4n) is 2.59. The van der Waals surface area contributed by atoms with Crippen LogP contribution in [-0.4, -0.2) is 13.2 Å². The number of nitrogens with one attached hydrogen (secondary N) is 1. The van der Waals surface area contributed by atoms with Crippen LogP contribution in [0.2, 0.25) is 5.02 Å². The molecule has 1 saturated heterocycles. The van der Waals surface area contributed by atoms with Crippen LogP contribution in [0.3, 0.4) is 0 Å². The van der Waals surface area contributed by atoms with Gasteiger partial charge in [-0.1, -0.05) is 17.7 Å². The van der Waals surface area contributed by atoms with E-state index >= 15 is 0 Å². The van der Waals surface area contributed by atoms with Gasteiger partial charge in [0.15, 0.2) is 0 Å². The molecule has 2 nitrogen and oxygen atoms in total. The molecule has 1 atom stereocenters. The molecule has 98 valence electrons. The number of hydrogen-bond donors (Lipinski definition) is 1. The van der Waals surface area contributed by atoms with Gasteiger partial charge in [-0.05, 0) is 62.8 Å². The Morgan fingerprint density at radius 3 is 2.94 bits per heavy atom. The van der Waals surface area contributed by atoms with Crippen LogP contribution in [0.5, 0.6) is 5.75 Å². The Kier molecular flexibility index (Phi) is 3.25. The predicted molar refractivity (Wildman–Crippen MR) is 74.3 cm³/mol. The molecule has 1 saturated carbocycles. The van der Waals surface area contributed by atoms with Crippen LogP contribution in [0, 0.1) is 5.92 Å². The third-order valence-corrected chi connectivity index (χ3v) is 4.42. The maximum Gasteiger partial charge on any atom is 0.138 e. The third-order valence-electron chi connectivity index (χ3n) is 4.11. The van der Waals surface area contributed by atoms with Gasteiger partial charge in [-0.2, -0.15) is 0 Å². The molecule has 0 amide bonds. The zero-order valence-electron chi connectivity index (χ0n) is 10.8. The van der Waals surface area contributed by atoms with Crippen LogP contribution in [0.25, 0.3) is 0 Å². The summed E-state index contributed by atoms with van der Waals surface area (Å²) in [6.45, 7) is 4.17. The van der Waals surface area contributed by atoms with Gasteiger partial charge in [-0.3, -0.25) is 0 Å². The largest absolute Gasteiger partial charge is 0.492 e. The molecule has 0 spiro atoms. The minimum Gasteiger partial charge on any atom is -0.492 e. The van der Waals surface area contributed by atoms with Crippen molar-refractivity contribution in [1.82, 2.24) is 5.32 Å². The van der Waals surface area contributed by atoms with Crippen molar-refractivity contribution in [2.75, 3.05) is 13.2 Å². The topological polar surface area (TPSA) is 21.3 Å². The number of rotatable bonds is 4. The Bertz CT molecular complexity index is 436. The Hall–Kier alpha value is -0.730. The molecule has 1 aromatic rings. The summed E-state index contributed by atoms with van der Waals surface area (Å²) >= 11 is 6.21. The minimum atomic E-state index is 0.0856. The maximum absolute atomic E-state index is 6.21. The summed E-state index contributed by atoms with van der Waals surface area (Å²) in [4.78, 5) is 0. The monoisotopic (exact) mass is 265 g/mol. The zero-order chi connectivity index (χ0) is 12.6. The first-order valence-corrected chi connectivity index (χ1v) is 7.23. The molecule has 18 heavy (non-hydrogen) atoms. The zero-order valence-corrected chi connectivity index (χ0v) is 11.6. The highest BCUT2D eigenvalue weighted by molar-refractivity contribution is 6.32. The average molecular weight is 266 g/mol. The second-order valence-corrected chi connectivity index (χ2v) is 6.17. The number of hydrogen-bond acceptors (Lipinski definition) is 2. The number of ether oxygens (including phenoxy) is 1. The smallest absolute Gasteiger partial charge is 0.138 e. The van der Waals surface area contributed by atoms with Crippen molar-refractivity contribution < 1.29 is 4.74 Å². The lowest BCUT2D eigenvalue weighted by Gasteiger charge is -2.25. The van der Waals surface area contributed by atoms with Crippen molar-refractivity contribution in [3.8, 4) is 5.75 Å². The molecule has 0 aromatic heterocycles. The van der Waals surface area contributed by atoms with Crippen LogP contribution in [0.15, 0.2) is 18.2 Å². The van der Waals surface area contributed by atoms with Crippen LogP contribution >= 0.6 is 11.6 Å². The van der Waals surface area contributed by atoms with Crippen molar-refractivity contribution in [2.24, 2.45) is 5.92 Å². The molecule has 2 fully saturated rings. The van der Waals surface area contributed by atoms with Crippen LogP contribution in [0.4, 0.5) is 0 Å². The molecule has 1 aliphatic carbocycles. The van der Waals surface area contributed by atoms with Gasteiger partial charge in [0.05, 0.1) is 11.6 Å². The summed E-state index contributed by atoms with van der Waals surface area (Å²) < 4.78 is 5.85. The Morgan fingerprint density at radius 1 is 1.44 bits per heavy atom. The van der Waals surface area contributed by atoms with Gasteiger partial charge < -0.3 is 10.1 Å². The highest BCUT2D eigenvalue weighted by Crippen LogP contribution is 2.36. The molecule has 1 aliphatic heterocycles. The van der Waals surface area contributed by atoms with Crippen LogP contribution in [0.1, 0.15) is 38.2 Å². The first-order valence-electron chi connectivity index (χ1n) is 6.85. The third kappa shape index (κ3) is 2.50. The summed E-state index contributed by atoms with van der Waals surface area (Å²) in [5, 5.41) is 4.30. The van der Waals surface area contributed by atoms with Gasteiger partial charge in [0.1, 0.15) is 5.75 Å². The molecule has 1 N–H and O–H groups in total. The lowest BCUT2D eigenvalue weighted by molar-refractivity contribution is 0.298. The van der Waals surface area contributed by atoms with E-state index < -0.39 is 0 Å². The molecule has 2 aliphatic rings. The second kappa shape index (κ2) is 4.75. The number of benzene rings is 1. The summed E-state index contributed by atoms with van der Waals surface area (Å²) in [5.41, 5.74) is 1.37. The standard InChI is InChI=1S/C15H20ClNO/c1-15(7-2-8-17-15)12-5-6-13(16)14(9-12)18-10-11-3-4-11/h5-6,9,11,17H,2-4,7-8,10H2,1H3. The molecular weight excluding hydrogens is 246 g/mol. The number of halogens is 1. The Morgan fingerprint density at radius 2 is 2.28 bits per heavy atom. The lowest BCUT2D eigenvalue weighted by atomic mass is 9.90. The van der Waals surface area contributed by atoms with E-state index in [0.29, 0.717) is 0 Å². The fraction of sp³-hybridized carbons (Fsp3) is 0.600. The van der Waals surface area contributed by atoms with Gasteiger partial charge in [0.25, 0.3) is 0 Å². The van der Waals surface area contributed by atoms with E-state index in [4.69, 9.17) is 16.3 Å². The van der Waals surface area contributed by atoms with E-state index in [9.17, 15) is 0 Å². The Balaban J connectivity index is 1.79. The SMILES string of the molecule is CC1(c2ccc(Cl)c(OCC3CC3)c2)CCCN1. The van der Waals surface area contributed by atoms with E-state index in [1.807, 2.05) is 6.07 Å². The summed E-state index contributed by atoms with van der Waals surface area (Å²) in [6, 6.07) is 6.19. The van der Waals surface area contributed by atoms with E-state index in [1.54, 1.807) is 0 Å². The minimum absolute atomic E-state index is 0.0856. The Labute approximate surface area is 114 Å². The second-order valence-electron chi connectivity index (χ2n) is 5.76. The van der Waals surface area contributed by atoms with E-state index in [1.165, 1.54) is 31.2 Å². The van der Waals surface area contributed by atoms with Crippen molar-refractivity contribution in [3.63, 3.8) is 0 Å². The summed E-state index contributed by atoms with van der Waals surface area (Å²) in [5.74, 6) is 1.60. The van der Waals surface area contributed by atoms with Gasteiger partial charge in [-0.15, -0.1) is 0 Å². The van der Waals surface area contributed by atoms with Crippen LogP contribution < -0.4 is 10.1 Å².